The van der Waals surface area contributed by atoms with Gasteiger partial charge in [-0.25, -0.2) is 8.42 Å². The molecule has 0 bridgehead atoms. The van der Waals surface area contributed by atoms with Gasteiger partial charge in [0.15, 0.2) is 15.6 Å². The molecule has 21 heavy (non-hydrogen) atoms. The lowest BCUT2D eigenvalue weighted by Crippen LogP contribution is -2.07. The van der Waals surface area contributed by atoms with Gasteiger partial charge in [0, 0.05) is 16.7 Å². The molecule has 0 amide bonds. The fourth-order valence-electron chi connectivity index (χ4n) is 2.61. The Morgan fingerprint density at radius 2 is 1.86 bits per heavy atom. The number of carbonyl (C=O) groups excluding carboxylic acids is 1. The highest BCUT2D eigenvalue weighted by Crippen LogP contribution is 2.34. The molecule has 0 aromatic heterocycles. The average molecular weight is 302 g/mol. The molecule has 3 rings (SSSR count). The van der Waals surface area contributed by atoms with E-state index in [0.29, 0.717) is 16.9 Å². The zero-order valence-electron chi connectivity index (χ0n) is 11.7. The maximum Gasteiger partial charge on any atom is 0.194 e. The van der Waals surface area contributed by atoms with E-state index in [4.69, 9.17) is 4.74 Å². The summed E-state index contributed by atoms with van der Waals surface area (Å²) in [6.07, 6.45) is 0. The number of sulfone groups is 1. The van der Waals surface area contributed by atoms with E-state index in [0.717, 1.165) is 5.56 Å². The molecular weight excluding hydrogens is 288 g/mol. The Hall–Kier alpha value is -2.14. The molecule has 0 atom stereocenters. The summed E-state index contributed by atoms with van der Waals surface area (Å²) in [7, 11) is -2.11. The summed E-state index contributed by atoms with van der Waals surface area (Å²) in [5.74, 6) is -0.0805. The van der Waals surface area contributed by atoms with Crippen LogP contribution in [-0.4, -0.2) is 21.3 Å². The summed E-state index contributed by atoms with van der Waals surface area (Å²) in [4.78, 5) is 12.8. The molecule has 0 saturated heterocycles. The van der Waals surface area contributed by atoms with Crippen LogP contribution in [0, 0.1) is 6.92 Å². The van der Waals surface area contributed by atoms with Crippen LogP contribution in [0.25, 0.3) is 0 Å². The SMILES string of the molecule is COc1cccc2c1CS(=O)(=O)c1cc(C)ccc1C2=O. The Balaban J connectivity index is 2.37. The first-order valence-electron chi connectivity index (χ1n) is 6.48. The van der Waals surface area contributed by atoms with E-state index in [1.165, 1.54) is 7.11 Å². The Morgan fingerprint density at radius 1 is 1.10 bits per heavy atom. The topological polar surface area (TPSA) is 60.4 Å². The van der Waals surface area contributed by atoms with Crippen LogP contribution in [0.1, 0.15) is 27.0 Å². The highest BCUT2D eigenvalue weighted by Gasteiger charge is 2.32. The van der Waals surface area contributed by atoms with Crippen molar-refractivity contribution in [2.75, 3.05) is 7.11 Å². The molecular formula is C16H14O4S. The molecule has 108 valence electrons. The molecule has 0 unspecified atom stereocenters. The predicted octanol–water partition coefficient (Wildman–Crippen LogP) is 2.52. The van der Waals surface area contributed by atoms with E-state index >= 15 is 0 Å². The monoisotopic (exact) mass is 302 g/mol. The number of fused-ring (bicyclic) bond motifs is 2. The molecule has 0 N–H and O–H groups in total. The fraction of sp³-hybridized carbons (Fsp3) is 0.188. The summed E-state index contributed by atoms with van der Waals surface area (Å²) >= 11 is 0. The predicted molar refractivity (Wildman–Crippen MR) is 78.5 cm³/mol. The van der Waals surface area contributed by atoms with Gasteiger partial charge in [-0.05, 0) is 30.7 Å². The Labute approximate surface area is 123 Å². The van der Waals surface area contributed by atoms with Crippen LogP contribution >= 0.6 is 0 Å². The van der Waals surface area contributed by atoms with Gasteiger partial charge in [0.2, 0.25) is 0 Å². The molecule has 4 nitrogen and oxygen atoms in total. The number of methoxy groups -OCH3 is 1. The van der Waals surface area contributed by atoms with Gasteiger partial charge in [-0.2, -0.15) is 0 Å². The van der Waals surface area contributed by atoms with Crippen molar-refractivity contribution in [1.82, 2.24) is 0 Å². The first-order chi connectivity index (χ1) is 9.94. The fourth-order valence-corrected chi connectivity index (χ4v) is 4.30. The average Bonchev–Trinajstić information content (AvgIpc) is 2.53. The van der Waals surface area contributed by atoms with Crippen molar-refractivity contribution in [3.63, 3.8) is 0 Å². The van der Waals surface area contributed by atoms with Crippen LogP contribution in [0.5, 0.6) is 5.75 Å². The lowest BCUT2D eigenvalue weighted by Gasteiger charge is -2.09. The van der Waals surface area contributed by atoms with Gasteiger partial charge in [-0.3, -0.25) is 4.79 Å². The quantitative estimate of drug-likeness (QED) is 0.812. The van der Waals surface area contributed by atoms with E-state index in [1.807, 2.05) is 0 Å². The number of rotatable bonds is 1. The van der Waals surface area contributed by atoms with Crippen molar-refractivity contribution in [3.8, 4) is 5.75 Å². The van der Waals surface area contributed by atoms with Gasteiger partial charge in [-0.15, -0.1) is 0 Å². The van der Waals surface area contributed by atoms with Crippen LogP contribution in [0.15, 0.2) is 41.3 Å². The number of aryl methyl sites for hydroxylation is 1. The maximum absolute atomic E-state index is 12.7. The largest absolute Gasteiger partial charge is 0.496 e. The highest BCUT2D eigenvalue weighted by molar-refractivity contribution is 7.90. The third-order valence-corrected chi connectivity index (χ3v) is 5.33. The van der Waals surface area contributed by atoms with Crippen molar-refractivity contribution in [1.29, 1.82) is 0 Å². The smallest absolute Gasteiger partial charge is 0.194 e. The van der Waals surface area contributed by atoms with E-state index in [1.54, 1.807) is 43.3 Å². The summed E-state index contributed by atoms with van der Waals surface area (Å²) in [6.45, 7) is 1.80. The molecule has 1 aliphatic rings. The maximum atomic E-state index is 12.7. The van der Waals surface area contributed by atoms with Crippen molar-refractivity contribution in [2.45, 2.75) is 17.6 Å². The van der Waals surface area contributed by atoms with Crippen LogP contribution in [0.3, 0.4) is 0 Å². The number of hydrogen-bond acceptors (Lipinski definition) is 4. The van der Waals surface area contributed by atoms with Gasteiger partial charge < -0.3 is 4.74 Å². The number of carbonyl (C=O) groups is 1. The van der Waals surface area contributed by atoms with Crippen molar-refractivity contribution < 1.29 is 17.9 Å². The lowest BCUT2D eigenvalue weighted by atomic mass is 9.98. The minimum absolute atomic E-state index is 0.103. The van der Waals surface area contributed by atoms with Gasteiger partial charge in [0.25, 0.3) is 0 Å². The molecule has 2 aromatic rings. The van der Waals surface area contributed by atoms with E-state index in [-0.39, 0.29) is 22.0 Å². The summed E-state index contributed by atoms with van der Waals surface area (Å²) < 4.78 is 30.4. The summed E-state index contributed by atoms with van der Waals surface area (Å²) in [5, 5.41) is 0. The van der Waals surface area contributed by atoms with Crippen molar-refractivity contribution in [3.05, 3.63) is 58.7 Å². The second kappa shape index (κ2) is 4.70. The second-order valence-electron chi connectivity index (χ2n) is 5.07. The Morgan fingerprint density at radius 3 is 2.57 bits per heavy atom. The normalized spacial score (nSPS) is 15.8. The minimum atomic E-state index is -3.58. The lowest BCUT2D eigenvalue weighted by molar-refractivity contribution is 0.103. The first-order valence-corrected chi connectivity index (χ1v) is 8.13. The van der Waals surface area contributed by atoms with E-state index in [2.05, 4.69) is 0 Å². The summed E-state index contributed by atoms with van der Waals surface area (Å²) in [5.41, 5.74) is 1.86. The van der Waals surface area contributed by atoms with Crippen LogP contribution in [-0.2, 0) is 15.6 Å². The van der Waals surface area contributed by atoms with Gasteiger partial charge in [-0.1, -0.05) is 18.2 Å². The number of ketones is 1. The standard InChI is InChI=1S/C16H14O4S/c1-10-6-7-12-15(8-10)21(18,19)9-13-11(16(12)17)4-3-5-14(13)20-2/h3-8H,9H2,1-2H3. The van der Waals surface area contributed by atoms with Gasteiger partial charge in [0.1, 0.15) is 5.75 Å². The molecule has 0 saturated carbocycles. The first kappa shape index (κ1) is 13.8. The van der Waals surface area contributed by atoms with Crippen molar-refractivity contribution in [2.24, 2.45) is 0 Å². The molecule has 0 radical (unpaired) electrons. The van der Waals surface area contributed by atoms with Gasteiger partial charge >= 0.3 is 0 Å². The third-order valence-electron chi connectivity index (χ3n) is 3.65. The minimum Gasteiger partial charge on any atom is -0.496 e. The van der Waals surface area contributed by atoms with E-state index in [9.17, 15) is 13.2 Å². The Bertz CT molecular complexity index is 851. The summed E-state index contributed by atoms with van der Waals surface area (Å²) in [6, 6.07) is 9.90. The third kappa shape index (κ3) is 2.14. The number of benzene rings is 2. The molecule has 2 aromatic carbocycles. The molecule has 1 heterocycles. The number of ether oxygens (including phenoxy) is 1. The molecule has 1 aliphatic heterocycles. The van der Waals surface area contributed by atoms with Gasteiger partial charge in [0.05, 0.1) is 17.8 Å². The Kier molecular flexibility index (Phi) is 3.10. The zero-order valence-corrected chi connectivity index (χ0v) is 12.5. The number of hydrogen-bond donors (Lipinski definition) is 0. The van der Waals surface area contributed by atoms with E-state index < -0.39 is 9.84 Å². The van der Waals surface area contributed by atoms with Crippen LogP contribution < -0.4 is 4.74 Å². The zero-order chi connectivity index (χ0) is 15.2. The van der Waals surface area contributed by atoms with Crippen molar-refractivity contribution >= 4 is 15.6 Å². The molecule has 0 aliphatic carbocycles. The second-order valence-corrected chi connectivity index (χ2v) is 7.03. The molecule has 5 heteroatoms. The highest BCUT2D eigenvalue weighted by atomic mass is 32.2. The van der Waals surface area contributed by atoms with Crippen LogP contribution in [0.2, 0.25) is 0 Å². The molecule has 0 spiro atoms. The molecule has 0 fully saturated rings. The van der Waals surface area contributed by atoms with Crippen LogP contribution in [0.4, 0.5) is 0 Å².